The summed E-state index contributed by atoms with van der Waals surface area (Å²) in [7, 11) is 0. The molecule has 0 aromatic rings. The lowest BCUT2D eigenvalue weighted by molar-refractivity contribution is -0.167. The van der Waals surface area contributed by atoms with E-state index in [0.29, 0.717) is 19.3 Å². The molecule has 0 radical (unpaired) electrons. The van der Waals surface area contributed by atoms with Gasteiger partial charge in [-0.3, -0.25) is 14.4 Å². The van der Waals surface area contributed by atoms with Crippen LogP contribution in [-0.2, 0) is 28.6 Å². The second-order valence-electron chi connectivity index (χ2n) is 14.7. The van der Waals surface area contributed by atoms with E-state index < -0.39 is 6.10 Å². The van der Waals surface area contributed by atoms with Gasteiger partial charge < -0.3 is 14.2 Å². The highest BCUT2D eigenvalue weighted by molar-refractivity contribution is 5.71. The molecule has 0 saturated carbocycles. The lowest BCUT2D eigenvalue weighted by Crippen LogP contribution is -2.30. The van der Waals surface area contributed by atoms with Crippen LogP contribution in [0.15, 0.2) is 0 Å². The normalized spacial score (nSPS) is 11.9. The van der Waals surface area contributed by atoms with Gasteiger partial charge in [0.15, 0.2) is 6.10 Å². The largest absolute Gasteiger partial charge is 0.462 e. The average molecular weight is 681 g/mol. The molecule has 6 nitrogen and oxygen atoms in total. The van der Waals surface area contributed by atoms with E-state index in [1.54, 1.807) is 0 Å². The Bertz CT molecular complexity index is 721. The standard InChI is InChI=1S/C42H80O6/c1-5-7-9-11-13-15-16-18-22-26-30-34-41(44)47-37-39(36-46-40(43)33-29-25-21-17-14-12-10-8-6-2)48-42(45)35-31-27-23-19-20-24-28-32-38(3)4/h38-39H,5-37H2,1-4H3/t39-/m1/s1. The molecular formula is C42H80O6. The first-order valence-electron chi connectivity index (χ1n) is 20.9. The van der Waals surface area contributed by atoms with Crippen LogP contribution in [0.4, 0.5) is 0 Å². The van der Waals surface area contributed by atoms with Gasteiger partial charge in [0.1, 0.15) is 13.2 Å². The molecule has 0 N–H and O–H groups in total. The number of esters is 3. The van der Waals surface area contributed by atoms with E-state index in [1.807, 2.05) is 0 Å². The summed E-state index contributed by atoms with van der Waals surface area (Å²) in [6.45, 7) is 8.90. The summed E-state index contributed by atoms with van der Waals surface area (Å²) in [5.41, 5.74) is 0. The molecule has 0 heterocycles. The first-order chi connectivity index (χ1) is 23.4. The maximum Gasteiger partial charge on any atom is 0.306 e. The van der Waals surface area contributed by atoms with E-state index >= 15 is 0 Å². The Kier molecular flexibility index (Phi) is 35.5. The summed E-state index contributed by atoms with van der Waals surface area (Å²) in [4.78, 5) is 37.5. The van der Waals surface area contributed by atoms with E-state index in [0.717, 1.165) is 63.7 Å². The summed E-state index contributed by atoms with van der Waals surface area (Å²) in [6, 6.07) is 0. The third kappa shape index (κ3) is 35.7. The van der Waals surface area contributed by atoms with Crippen molar-refractivity contribution in [1.29, 1.82) is 0 Å². The number of unbranched alkanes of at least 4 members (excludes halogenated alkanes) is 24. The van der Waals surface area contributed by atoms with E-state index in [9.17, 15) is 14.4 Å². The van der Waals surface area contributed by atoms with Crippen molar-refractivity contribution in [3.05, 3.63) is 0 Å². The molecule has 0 aliphatic carbocycles. The summed E-state index contributed by atoms with van der Waals surface area (Å²) in [5, 5.41) is 0. The van der Waals surface area contributed by atoms with Gasteiger partial charge in [-0.25, -0.2) is 0 Å². The molecule has 0 saturated heterocycles. The summed E-state index contributed by atoms with van der Waals surface area (Å²) >= 11 is 0. The third-order valence-corrected chi connectivity index (χ3v) is 9.29. The molecule has 0 spiro atoms. The zero-order chi connectivity index (χ0) is 35.3. The molecule has 0 bridgehead atoms. The van der Waals surface area contributed by atoms with Crippen LogP contribution in [0.1, 0.15) is 227 Å². The molecule has 0 aromatic heterocycles. The van der Waals surface area contributed by atoms with E-state index in [1.165, 1.54) is 122 Å². The van der Waals surface area contributed by atoms with Gasteiger partial charge in [0, 0.05) is 19.3 Å². The fourth-order valence-corrected chi connectivity index (χ4v) is 6.10. The minimum Gasteiger partial charge on any atom is -0.462 e. The highest BCUT2D eigenvalue weighted by Gasteiger charge is 2.19. The number of rotatable bonds is 37. The van der Waals surface area contributed by atoms with Crippen molar-refractivity contribution < 1.29 is 28.6 Å². The van der Waals surface area contributed by atoms with Gasteiger partial charge in [-0.15, -0.1) is 0 Å². The predicted octanol–water partition coefficient (Wildman–Crippen LogP) is 12.8. The third-order valence-electron chi connectivity index (χ3n) is 9.29. The zero-order valence-corrected chi connectivity index (χ0v) is 32.4. The highest BCUT2D eigenvalue weighted by atomic mass is 16.6. The van der Waals surface area contributed by atoms with Crippen LogP contribution in [0.5, 0.6) is 0 Å². The van der Waals surface area contributed by atoms with E-state index in [-0.39, 0.29) is 31.1 Å². The lowest BCUT2D eigenvalue weighted by atomic mass is 10.0. The summed E-state index contributed by atoms with van der Waals surface area (Å²) in [6.07, 6.45) is 33.8. The molecule has 0 aliphatic heterocycles. The fourth-order valence-electron chi connectivity index (χ4n) is 6.10. The molecule has 0 rings (SSSR count). The molecule has 48 heavy (non-hydrogen) atoms. The van der Waals surface area contributed by atoms with Crippen molar-refractivity contribution in [3.63, 3.8) is 0 Å². The van der Waals surface area contributed by atoms with Crippen LogP contribution in [0.25, 0.3) is 0 Å². The van der Waals surface area contributed by atoms with Crippen LogP contribution in [0.2, 0.25) is 0 Å². The van der Waals surface area contributed by atoms with E-state index in [4.69, 9.17) is 14.2 Å². The van der Waals surface area contributed by atoms with Gasteiger partial charge in [0.05, 0.1) is 0 Å². The highest BCUT2D eigenvalue weighted by Crippen LogP contribution is 2.15. The SMILES string of the molecule is CCCCCCCCCCCCCC(=O)OC[C@@H](COC(=O)CCCCCCCCCCC)OC(=O)CCCCCCCCCC(C)C. The summed E-state index contributed by atoms with van der Waals surface area (Å²) in [5.74, 6) is -0.0876. The number of carbonyl (C=O) groups excluding carboxylic acids is 3. The second kappa shape index (κ2) is 36.7. The maximum atomic E-state index is 12.6. The number of ether oxygens (including phenoxy) is 3. The molecule has 6 heteroatoms. The van der Waals surface area contributed by atoms with Crippen molar-refractivity contribution in [2.75, 3.05) is 13.2 Å². The molecule has 1 atom stereocenters. The van der Waals surface area contributed by atoms with Gasteiger partial charge in [0.2, 0.25) is 0 Å². The Morgan fingerprint density at radius 3 is 1.02 bits per heavy atom. The Hall–Kier alpha value is -1.59. The minimum atomic E-state index is -0.758. The van der Waals surface area contributed by atoms with Crippen molar-refractivity contribution in [2.45, 2.75) is 233 Å². The number of hydrogen-bond donors (Lipinski definition) is 0. The predicted molar refractivity (Wildman–Crippen MR) is 201 cm³/mol. The van der Waals surface area contributed by atoms with Crippen LogP contribution >= 0.6 is 0 Å². The Morgan fingerprint density at radius 1 is 0.396 bits per heavy atom. The maximum absolute atomic E-state index is 12.6. The van der Waals surface area contributed by atoms with Gasteiger partial charge in [-0.2, -0.15) is 0 Å². The smallest absolute Gasteiger partial charge is 0.306 e. The molecule has 0 unspecified atom stereocenters. The molecule has 0 amide bonds. The quantitative estimate of drug-likeness (QED) is 0.0369. The molecule has 284 valence electrons. The fraction of sp³-hybridized carbons (Fsp3) is 0.929. The van der Waals surface area contributed by atoms with Crippen LogP contribution in [0.3, 0.4) is 0 Å². The Balaban J connectivity index is 4.34. The van der Waals surface area contributed by atoms with Gasteiger partial charge in [-0.05, 0) is 25.2 Å². The lowest BCUT2D eigenvalue weighted by Gasteiger charge is -2.18. The van der Waals surface area contributed by atoms with Crippen molar-refractivity contribution >= 4 is 17.9 Å². The van der Waals surface area contributed by atoms with Crippen molar-refractivity contribution in [3.8, 4) is 0 Å². The molecular weight excluding hydrogens is 600 g/mol. The van der Waals surface area contributed by atoms with Gasteiger partial charge in [0.25, 0.3) is 0 Å². The first-order valence-corrected chi connectivity index (χ1v) is 20.9. The Labute approximate surface area is 298 Å². The monoisotopic (exact) mass is 681 g/mol. The molecule has 0 aliphatic rings. The van der Waals surface area contributed by atoms with Gasteiger partial charge >= 0.3 is 17.9 Å². The summed E-state index contributed by atoms with van der Waals surface area (Å²) < 4.78 is 16.6. The zero-order valence-electron chi connectivity index (χ0n) is 32.4. The number of hydrogen-bond acceptors (Lipinski definition) is 6. The first kappa shape index (κ1) is 46.4. The van der Waals surface area contributed by atoms with Crippen LogP contribution in [0, 0.1) is 5.92 Å². The van der Waals surface area contributed by atoms with Gasteiger partial charge in [-0.1, -0.05) is 188 Å². The minimum absolute atomic E-state index is 0.0652. The molecule has 0 aromatic carbocycles. The van der Waals surface area contributed by atoms with Crippen LogP contribution < -0.4 is 0 Å². The van der Waals surface area contributed by atoms with Crippen molar-refractivity contribution in [2.24, 2.45) is 5.92 Å². The number of carbonyl (C=O) groups is 3. The van der Waals surface area contributed by atoms with Crippen LogP contribution in [-0.4, -0.2) is 37.2 Å². The van der Waals surface area contributed by atoms with Crippen molar-refractivity contribution in [1.82, 2.24) is 0 Å². The average Bonchev–Trinajstić information content (AvgIpc) is 3.06. The Morgan fingerprint density at radius 2 is 0.688 bits per heavy atom. The molecule has 0 fully saturated rings. The second-order valence-corrected chi connectivity index (χ2v) is 14.7. The topological polar surface area (TPSA) is 78.9 Å². The van der Waals surface area contributed by atoms with E-state index in [2.05, 4.69) is 27.7 Å².